The third-order valence-corrected chi connectivity index (χ3v) is 4.22. The smallest absolute Gasteiger partial charge is 0.275 e. The van der Waals surface area contributed by atoms with Crippen LogP contribution in [-0.2, 0) is 0 Å². The van der Waals surface area contributed by atoms with Crippen molar-refractivity contribution in [2.24, 2.45) is 0 Å². The number of hydrogen-bond acceptors (Lipinski definition) is 5. The van der Waals surface area contributed by atoms with E-state index in [2.05, 4.69) is 25.9 Å². The second-order valence-electron chi connectivity index (χ2n) is 6.43. The Morgan fingerprint density at radius 3 is 2.79 bits per heavy atom. The number of H-pyrrole nitrogens is 1. The number of rotatable bonds is 5. The first-order valence-electron chi connectivity index (χ1n) is 8.64. The normalized spacial score (nSPS) is 11.1. The van der Waals surface area contributed by atoms with E-state index in [1.165, 1.54) is 0 Å². The summed E-state index contributed by atoms with van der Waals surface area (Å²) in [6.07, 6.45) is -0.00580. The van der Waals surface area contributed by atoms with Crippen LogP contribution in [0.2, 0.25) is 5.02 Å². The van der Waals surface area contributed by atoms with E-state index in [4.69, 9.17) is 16.3 Å². The number of para-hydroxylation sites is 1. The maximum atomic E-state index is 12.9. The Morgan fingerprint density at radius 2 is 2.04 bits per heavy atom. The minimum absolute atomic E-state index is 0.00580. The van der Waals surface area contributed by atoms with Crippen molar-refractivity contribution >= 4 is 34.4 Å². The second kappa shape index (κ2) is 7.32. The maximum Gasteiger partial charge on any atom is 0.275 e. The lowest BCUT2D eigenvalue weighted by Gasteiger charge is -2.15. The molecule has 8 nitrogen and oxygen atoms in total. The summed E-state index contributed by atoms with van der Waals surface area (Å²) in [5.41, 5.74) is 1.98. The van der Waals surface area contributed by atoms with Crippen molar-refractivity contribution in [1.82, 2.24) is 25.2 Å². The van der Waals surface area contributed by atoms with Gasteiger partial charge in [0.25, 0.3) is 11.9 Å². The molecular weight excluding hydrogens is 380 g/mol. The molecule has 4 rings (SSSR count). The third-order valence-electron chi connectivity index (χ3n) is 4.00. The van der Waals surface area contributed by atoms with Crippen LogP contribution in [0, 0.1) is 0 Å². The summed E-state index contributed by atoms with van der Waals surface area (Å²) in [7, 11) is 0. The number of carbonyl (C=O) groups is 1. The van der Waals surface area contributed by atoms with Crippen LogP contribution < -0.4 is 10.1 Å². The van der Waals surface area contributed by atoms with Gasteiger partial charge >= 0.3 is 0 Å². The van der Waals surface area contributed by atoms with E-state index >= 15 is 0 Å². The van der Waals surface area contributed by atoms with Crippen molar-refractivity contribution in [2.45, 2.75) is 20.0 Å². The van der Waals surface area contributed by atoms with Gasteiger partial charge in [-0.3, -0.25) is 10.1 Å². The predicted molar refractivity (Wildman–Crippen MR) is 106 cm³/mol. The molecule has 0 fully saturated rings. The van der Waals surface area contributed by atoms with E-state index in [9.17, 15) is 4.79 Å². The average Bonchev–Trinajstić information content (AvgIpc) is 3.27. The van der Waals surface area contributed by atoms with E-state index in [0.717, 1.165) is 10.9 Å². The van der Waals surface area contributed by atoms with Crippen molar-refractivity contribution in [3.63, 3.8) is 0 Å². The topological polar surface area (TPSA) is 97.7 Å². The molecule has 0 bridgehead atoms. The number of tetrazole rings is 1. The molecule has 142 valence electrons. The van der Waals surface area contributed by atoms with Crippen molar-refractivity contribution in [2.75, 3.05) is 5.32 Å². The first-order chi connectivity index (χ1) is 13.5. The molecule has 2 aromatic heterocycles. The molecule has 0 saturated heterocycles. The van der Waals surface area contributed by atoms with Crippen LogP contribution in [0.5, 0.6) is 5.75 Å². The number of aromatic amines is 1. The summed E-state index contributed by atoms with van der Waals surface area (Å²) >= 11 is 6.32. The minimum atomic E-state index is -0.371. The van der Waals surface area contributed by atoms with E-state index in [-0.39, 0.29) is 18.0 Å². The van der Waals surface area contributed by atoms with Gasteiger partial charge in [0.1, 0.15) is 11.4 Å². The first kappa shape index (κ1) is 18.0. The summed E-state index contributed by atoms with van der Waals surface area (Å²) in [5, 5.41) is 17.3. The van der Waals surface area contributed by atoms with Crippen molar-refractivity contribution in [3.05, 3.63) is 59.2 Å². The van der Waals surface area contributed by atoms with Crippen molar-refractivity contribution in [1.29, 1.82) is 0 Å². The number of ether oxygens (including phenoxy) is 1. The summed E-state index contributed by atoms with van der Waals surface area (Å²) in [6.45, 7) is 3.88. The number of aromatic nitrogens is 5. The third kappa shape index (κ3) is 3.54. The van der Waals surface area contributed by atoms with Gasteiger partial charge in [-0.05, 0) is 43.3 Å². The molecule has 1 amide bonds. The second-order valence-corrected chi connectivity index (χ2v) is 6.86. The van der Waals surface area contributed by atoms with Gasteiger partial charge in [0.15, 0.2) is 0 Å². The summed E-state index contributed by atoms with van der Waals surface area (Å²) in [6, 6.07) is 14.9. The molecule has 0 atom stereocenters. The molecule has 0 aliphatic carbocycles. The summed E-state index contributed by atoms with van der Waals surface area (Å²) in [5.74, 6) is 0.348. The van der Waals surface area contributed by atoms with E-state index in [1.54, 1.807) is 18.2 Å². The zero-order valence-corrected chi connectivity index (χ0v) is 15.9. The molecule has 2 heterocycles. The number of nitrogens with one attached hydrogen (secondary N) is 2. The van der Waals surface area contributed by atoms with Crippen LogP contribution in [0.3, 0.4) is 0 Å². The Kier molecular flexibility index (Phi) is 4.70. The fraction of sp³-hybridized carbons (Fsp3) is 0.158. The summed E-state index contributed by atoms with van der Waals surface area (Å²) in [4.78, 5) is 12.9. The molecule has 0 spiro atoms. The van der Waals surface area contributed by atoms with Crippen LogP contribution in [-0.4, -0.2) is 37.2 Å². The van der Waals surface area contributed by atoms with Gasteiger partial charge in [0, 0.05) is 16.5 Å². The first-order valence-corrected chi connectivity index (χ1v) is 9.02. The molecule has 28 heavy (non-hydrogen) atoms. The van der Waals surface area contributed by atoms with Crippen LogP contribution >= 0.6 is 11.6 Å². The highest BCUT2D eigenvalue weighted by Gasteiger charge is 2.19. The van der Waals surface area contributed by atoms with E-state index < -0.39 is 0 Å². The lowest BCUT2D eigenvalue weighted by molar-refractivity contribution is 0.102. The highest BCUT2D eigenvalue weighted by molar-refractivity contribution is 6.31. The Balaban J connectivity index is 1.86. The predicted octanol–water partition coefficient (Wildman–Crippen LogP) is 3.84. The molecule has 2 N–H and O–H groups in total. The van der Waals surface area contributed by atoms with Crippen LogP contribution in [0.25, 0.3) is 16.6 Å². The number of nitrogens with zero attached hydrogens (tertiary/aromatic N) is 4. The quantitative estimate of drug-likeness (QED) is 0.534. The number of amides is 1. The van der Waals surface area contributed by atoms with Gasteiger partial charge in [0.05, 0.1) is 17.3 Å². The Labute approximate surface area is 165 Å². The number of benzene rings is 2. The minimum Gasteiger partial charge on any atom is -0.491 e. The van der Waals surface area contributed by atoms with Gasteiger partial charge in [-0.2, -0.15) is 5.21 Å². The van der Waals surface area contributed by atoms with Gasteiger partial charge in [-0.15, -0.1) is 5.10 Å². The largest absolute Gasteiger partial charge is 0.491 e. The molecule has 0 unspecified atom stereocenters. The van der Waals surface area contributed by atoms with Gasteiger partial charge in [-0.25, -0.2) is 0 Å². The van der Waals surface area contributed by atoms with E-state index in [1.807, 2.05) is 48.7 Å². The maximum absolute atomic E-state index is 12.9. The van der Waals surface area contributed by atoms with Crippen molar-refractivity contribution < 1.29 is 9.53 Å². The SMILES string of the molecule is CC(C)Oc1cc(Cl)cc(-n2c(C(=O)Nc3nn[nH]n3)cc3ccccc32)c1. The highest BCUT2D eigenvalue weighted by Crippen LogP contribution is 2.30. The lowest BCUT2D eigenvalue weighted by atomic mass is 10.2. The zero-order chi connectivity index (χ0) is 19.7. The molecule has 0 saturated carbocycles. The number of fused-ring (bicyclic) bond motifs is 1. The van der Waals surface area contributed by atoms with Crippen LogP contribution in [0.15, 0.2) is 48.5 Å². The lowest BCUT2D eigenvalue weighted by Crippen LogP contribution is -2.17. The number of hydrogen-bond donors (Lipinski definition) is 2. The molecule has 0 aliphatic heterocycles. The van der Waals surface area contributed by atoms with Crippen LogP contribution in [0.4, 0.5) is 5.95 Å². The number of halogens is 1. The van der Waals surface area contributed by atoms with Gasteiger partial charge in [-0.1, -0.05) is 34.9 Å². The molecule has 2 aromatic carbocycles. The zero-order valence-electron chi connectivity index (χ0n) is 15.2. The summed E-state index contributed by atoms with van der Waals surface area (Å²) < 4.78 is 7.62. The Hall–Kier alpha value is -3.39. The monoisotopic (exact) mass is 396 g/mol. The van der Waals surface area contributed by atoms with E-state index in [0.29, 0.717) is 22.2 Å². The fourth-order valence-electron chi connectivity index (χ4n) is 3.00. The number of carbonyl (C=O) groups excluding carboxylic acids is 1. The standard InChI is InChI=1S/C19H17ClN6O2/c1-11(2)28-15-9-13(20)8-14(10-15)26-16-6-4-3-5-12(16)7-17(26)18(27)21-19-22-24-25-23-19/h3-11H,1-2H3,(H2,21,22,23,24,25,27). The molecule has 0 aliphatic rings. The fourth-order valence-corrected chi connectivity index (χ4v) is 3.22. The molecule has 0 radical (unpaired) electrons. The molecular formula is C19H17ClN6O2. The number of anilines is 1. The van der Waals surface area contributed by atoms with Crippen LogP contribution in [0.1, 0.15) is 24.3 Å². The Morgan fingerprint density at radius 1 is 1.21 bits per heavy atom. The Bertz CT molecular complexity index is 1140. The average molecular weight is 397 g/mol. The molecule has 4 aromatic rings. The van der Waals surface area contributed by atoms with Gasteiger partial charge in [0.2, 0.25) is 0 Å². The highest BCUT2D eigenvalue weighted by atomic mass is 35.5. The molecule has 9 heteroatoms. The van der Waals surface area contributed by atoms with Gasteiger partial charge < -0.3 is 9.30 Å². The van der Waals surface area contributed by atoms with Crippen molar-refractivity contribution in [3.8, 4) is 11.4 Å².